The van der Waals surface area contributed by atoms with Crippen LogP contribution in [0.5, 0.6) is 0 Å². The van der Waals surface area contributed by atoms with Crippen LogP contribution in [-0.2, 0) is 0 Å². The average molecular weight is 327 g/mol. The summed E-state index contributed by atoms with van der Waals surface area (Å²) >= 11 is 3.46. The molecule has 1 aromatic heterocycles. The molecule has 2 atom stereocenters. The van der Waals surface area contributed by atoms with E-state index in [0.717, 1.165) is 23.0 Å². The van der Waals surface area contributed by atoms with E-state index < -0.39 is 0 Å². The van der Waals surface area contributed by atoms with Crippen molar-refractivity contribution in [3.63, 3.8) is 0 Å². The number of hydrogen-bond acceptors (Lipinski definition) is 2. The number of rotatable bonds is 2. The normalized spacial score (nSPS) is 27.6. The lowest BCUT2D eigenvalue weighted by atomic mass is 9.96. The standard InChI is InChI=1S/C14H19BrN2O2/c1-9-7-16(5-4-13(9)18)14(19)12-6-10(15)8-17(12)11-2-3-11/h6,8-9,11,13,18H,2-5,7H2,1H3. The molecule has 3 rings (SSSR count). The zero-order chi connectivity index (χ0) is 13.6. The fourth-order valence-electron chi connectivity index (χ4n) is 2.75. The number of aromatic nitrogens is 1. The van der Waals surface area contributed by atoms with Crippen molar-refractivity contribution in [3.05, 3.63) is 22.4 Å². The summed E-state index contributed by atoms with van der Waals surface area (Å²) in [5.74, 6) is 0.252. The minimum Gasteiger partial charge on any atom is -0.393 e. The highest BCUT2D eigenvalue weighted by atomic mass is 79.9. The molecule has 0 radical (unpaired) electrons. The van der Waals surface area contributed by atoms with E-state index in [1.807, 2.05) is 24.1 Å². The van der Waals surface area contributed by atoms with Crippen molar-refractivity contribution >= 4 is 21.8 Å². The van der Waals surface area contributed by atoms with Gasteiger partial charge in [-0.05, 0) is 47.2 Å². The molecule has 2 fully saturated rings. The molecule has 1 amide bonds. The molecule has 2 unspecified atom stereocenters. The number of likely N-dealkylation sites (tertiary alicyclic amines) is 1. The lowest BCUT2D eigenvalue weighted by Gasteiger charge is -2.34. The van der Waals surface area contributed by atoms with Gasteiger partial charge in [0, 0.05) is 29.8 Å². The summed E-state index contributed by atoms with van der Waals surface area (Å²) in [6, 6.07) is 2.41. The van der Waals surface area contributed by atoms with Crippen molar-refractivity contribution in [2.75, 3.05) is 13.1 Å². The maximum Gasteiger partial charge on any atom is 0.270 e. The number of carbonyl (C=O) groups is 1. The summed E-state index contributed by atoms with van der Waals surface area (Å²) in [5.41, 5.74) is 0.776. The third-order valence-corrected chi connectivity index (χ3v) is 4.56. The van der Waals surface area contributed by atoms with Crippen LogP contribution in [0, 0.1) is 5.92 Å². The first-order chi connectivity index (χ1) is 9.06. The smallest absolute Gasteiger partial charge is 0.270 e. The Bertz CT molecular complexity index is 496. The summed E-state index contributed by atoms with van der Waals surface area (Å²) in [7, 11) is 0. The SMILES string of the molecule is CC1CN(C(=O)c2cc(Br)cn2C2CC2)CCC1O. The molecule has 1 aromatic rings. The molecule has 0 bridgehead atoms. The number of hydrogen-bond donors (Lipinski definition) is 1. The lowest BCUT2D eigenvalue weighted by Crippen LogP contribution is -2.45. The van der Waals surface area contributed by atoms with Gasteiger partial charge in [0.2, 0.25) is 0 Å². The molecule has 1 N–H and O–H groups in total. The Morgan fingerprint density at radius 1 is 1.42 bits per heavy atom. The molecule has 0 aromatic carbocycles. The summed E-state index contributed by atoms with van der Waals surface area (Å²) in [6.07, 6.45) is 4.74. The number of aliphatic hydroxyl groups is 1. The van der Waals surface area contributed by atoms with E-state index in [1.54, 1.807) is 0 Å². The molecule has 1 saturated carbocycles. The summed E-state index contributed by atoms with van der Waals surface area (Å²) in [5, 5.41) is 9.75. The molecule has 4 nitrogen and oxygen atoms in total. The Morgan fingerprint density at radius 3 is 2.79 bits per heavy atom. The topological polar surface area (TPSA) is 45.5 Å². The van der Waals surface area contributed by atoms with Gasteiger partial charge in [0.05, 0.1) is 6.10 Å². The van der Waals surface area contributed by atoms with E-state index in [9.17, 15) is 9.90 Å². The highest BCUT2D eigenvalue weighted by Crippen LogP contribution is 2.38. The van der Waals surface area contributed by atoms with Crippen LogP contribution in [0.2, 0.25) is 0 Å². The van der Waals surface area contributed by atoms with Gasteiger partial charge in [0.15, 0.2) is 0 Å². The van der Waals surface area contributed by atoms with Crippen LogP contribution in [0.25, 0.3) is 0 Å². The monoisotopic (exact) mass is 326 g/mol. The first-order valence-electron chi connectivity index (χ1n) is 6.91. The van der Waals surface area contributed by atoms with Crippen molar-refractivity contribution in [2.24, 2.45) is 5.92 Å². The van der Waals surface area contributed by atoms with Crippen LogP contribution in [-0.4, -0.2) is 39.7 Å². The number of nitrogens with zero attached hydrogens (tertiary/aromatic N) is 2. The van der Waals surface area contributed by atoms with Crippen molar-refractivity contribution in [3.8, 4) is 0 Å². The minimum absolute atomic E-state index is 0.0938. The van der Waals surface area contributed by atoms with E-state index in [-0.39, 0.29) is 17.9 Å². The Labute approximate surface area is 121 Å². The second-order valence-corrected chi connectivity index (χ2v) is 6.68. The highest BCUT2D eigenvalue weighted by molar-refractivity contribution is 9.10. The lowest BCUT2D eigenvalue weighted by molar-refractivity contribution is 0.0291. The summed E-state index contributed by atoms with van der Waals surface area (Å²) in [4.78, 5) is 14.5. The average Bonchev–Trinajstić information content (AvgIpc) is 3.15. The molecule has 104 valence electrons. The van der Waals surface area contributed by atoms with Gasteiger partial charge in [-0.1, -0.05) is 6.92 Å². The Morgan fingerprint density at radius 2 is 2.16 bits per heavy atom. The van der Waals surface area contributed by atoms with Crippen LogP contribution in [0.3, 0.4) is 0 Å². The van der Waals surface area contributed by atoms with Crippen molar-refractivity contribution in [1.29, 1.82) is 0 Å². The van der Waals surface area contributed by atoms with E-state index in [0.29, 0.717) is 25.6 Å². The summed E-state index contributed by atoms with van der Waals surface area (Å²) in [6.45, 7) is 3.30. The van der Waals surface area contributed by atoms with Crippen molar-refractivity contribution < 1.29 is 9.90 Å². The third-order valence-electron chi connectivity index (χ3n) is 4.12. The molecule has 1 aliphatic carbocycles. The van der Waals surface area contributed by atoms with Crippen LogP contribution in [0.4, 0.5) is 0 Å². The first kappa shape index (κ1) is 13.2. The maximum atomic E-state index is 12.6. The van der Waals surface area contributed by atoms with Gasteiger partial charge in [-0.25, -0.2) is 0 Å². The molecule has 2 aliphatic rings. The fraction of sp³-hybridized carbons (Fsp3) is 0.643. The Kier molecular flexibility index (Phi) is 3.43. The molecule has 1 saturated heterocycles. The minimum atomic E-state index is -0.272. The van der Waals surface area contributed by atoms with E-state index in [4.69, 9.17) is 0 Å². The molecular formula is C14H19BrN2O2. The van der Waals surface area contributed by atoms with Crippen LogP contribution in [0.15, 0.2) is 16.7 Å². The molecule has 1 aliphatic heterocycles. The second-order valence-electron chi connectivity index (χ2n) is 5.77. The highest BCUT2D eigenvalue weighted by Gasteiger charge is 2.32. The van der Waals surface area contributed by atoms with Crippen LogP contribution < -0.4 is 0 Å². The van der Waals surface area contributed by atoms with Gasteiger partial charge in [-0.15, -0.1) is 0 Å². The molecule has 19 heavy (non-hydrogen) atoms. The van der Waals surface area contributed by atoms with Gasteiger partial charge in [-0.2, -0.15) is 0 Å². The predicted molar refractivity (Wildman–Crippen MR) is 76.1 cm³/mol. The van der Waals surface area contributed by atoms with Crippen LogP contribution >= 0.6 is 15.9 Å². The van der Waals surface area contributed by atoms with Crippen molar-refractivity contribution in [1.82, 2.24) is 9.47 Å². The number of aliphatic hydroxyl groups excluding tert-OH is 1. The third kappa shape index (κ3) is 2.58. The van der Waals surface area contributed by atoms with E-state index >= 15 is 0 Å². The van der Waals surface area contributed by atoms with E-state index in [2.05, 4.69) is 20.5 Å². The Balaban J connectivity index is 1.80. The van der Waals surface area contributed by atoms with Gasteiger partial charge in [0.25, 0.3) is 5.91 Å². The maximum absolute atomic E-state index is 12.6. The second kappa shape index (κ2) is 4.94. The van der Waals surface area contributed by atoms with Crippen molar-refractivity contribution in [2.45, 2.75) is 38.3 Å². The summed E-state index contributed by atoms with van der Waals surface area (Å²) < 4.78 is 3.06. The number of halogens is 1. The molecular weight excluding hydrogens is 308 g/mol. The Hall–Kier alpha value is -0.810. The number of amides is 1. The molecule has 0 spiro atoms. The predicted octanol–water partition coefficient (Wildman–Crippen LogP) is 2.43. The zero-order valence-electron chi connectivity index (χ0n) is 11.1. The fourth-order valence-corrected chi connectivity index (χ4v) is 3.19. The van der Waals surface area contributed by atoms with Crippen LogP contribution in [0.1, 0.15) is 42.7 Å². The zero-order valence-corrected chi connectivity index (χ0v) is 12.6. The largest absolute Gasteiger partial charge is 0.393 e. The number of piperidine rings is 1. The molecule has 5 heteroatoms. The number of carbonyl (C=O) groups excluding carboxylic acids is 1. The van der Waals surface area contributed by atoms with Gasteiger partial charge >= 0.3 is 0 Å². The molecule has 2 heterocycles. The van der Waals surface area contributed by atoms with Gasteiger partial charge in [-0.3, -0.25) is 4.79 Å². The van der Waals surface area contributed by atoms with E-state index in [1.165, 1.54) is 0 Å². The quantitative estimate of drug-likeness (QED) is 0.907. The first-order valence-corrected chi connectivity index (χ1v) is 7.70. The van der Waals surface area contributed by atoms with Gasteiger partial charge in [0.1, 0.15) is 5.69 Å². The van der Waals surface area contributed by atoms with Gasteiger partial charge < -0.3 is 14.6 Å².